The van der Waals surface area contributed by atoms with Gasteiger partial charge in [-0.15, -0.1) is 0 Å². The van der Waals surface area contributed by atoms with Crippen LogP contribution in [-0.2, 0) is 4.74 Å². The molecule has 1 aromatic rings. The molecular weight excluding hydrogens is 244 g/mol. The van der Waals surface area contributed by atoms with Crippen LogP contribution in [0.1, 0.15) is 32.4 Å². The van der Waals surface area contributed by atoms with E-state index in [1.165, 1.54) is 0 Å². The van der Waals surface area contributed by atoms with Crippen LogP contribution in [-0.4, -0.2) is 32.5 Å². The lowest BCUT2D eigenvalue weighted by molar-refractivity contribution is -0.0724. The Morgan fingerprint density at radius 2 is 1.58 bits per heavy atom. The summed E-state index contributed by atoms with van der Waals surface area (Å²) in [5.74, 6) is 1.24. The summed E-state index contributed by atoms with van der Waals surface area (Å²) in [4.78, 5) is 0. The van der Waals surface area contributed by atoms with Crippen LogP contribution in [0.15, 0.2) is 18.2 Å². The van der Waals surface area contributed by atoms with E-state index >= 15 is 0 Å². The van der Waals surface area contributed by atoms with Gasteiger partial charge in [-0.05, 0) is 23.1 Å². The van der Waals surface area contributed by atoms with Gasteiger partial charge in [0.15, 0.2) is 11.5 Å². The number of methoxy groups -OCH3 is 3. The summed E-state index contributed by atoms with van der Waals surface area (Å²) in [6.07, 6.45) is -1.02. The molecule has 1 rings (SSSR count). The average molecular weight is 268 g/mol. The lowest BCUT2D eigenvalue weighted by Crippen LogP contribution is -2.34. The highest BCUT2D eigenvalue weighted by Crippen LogP contribution is 2.36. The fourth-order valence-corrected chi connectivity index (χ4v) is 2.17. The predicted molar refractivity (Wildman–Crippen MR) is 74.8 cm³/mol. The molecule has 0 bridgehead atoms. The van der Waals surface area contributed by atoms with Gasteiger partial charge in [0.25, 0.3) is 0 Å². The van der Waals surface area contributed by atoms with E-state index in [2.05, 4.69) is 0 Å². The summed E-state index contributed by atoms with van der Waals surface area (Å²) in [6.45, 7) is 6.10. The Kier molecular flexibility index (Phi) is 5.20. The highest BCUT2D eigenvalue weighted by molar-refractivity contribution is 5.43. The molecule has 0 fully saturated rings. The van der Waals surface area contributed by atoms with Crippen molar-refractivity contribution < 1.29 is 19.3 Å². The first-order chi connectivity index (χ1) is 8.85. The third-order valence-corrected chi connectivity index (χ3v) is 3.14. The molecule has 2 unspecified atom stereocenters. The number of rotatable bonds is 5. The number of hydrogen-bond acceptors (Lipinski definition) is 4. The zero-order chi connectivity index (χ0) is 14.6. The molecule has 0 aromatic heterocycles. The van der Waals surface area contributed by atoms with Crippen LogP contribution in [0.3, 0.4) is 0 Å². The van der Waals surface area contributed by atoms with Gasteiger partial charge in [-0.25, -0.2) is 0 Å². The van der Waals surface area contributed by atoms with Crippen LogP contribution < -0.4 is 9.47 Å². The maximum Gasteiger partial charge on any atom is 0.161 e. The maximum absolute atomic E-state index is 10.5. The third-order valence-electron chi connectivity index (χ3n) is 3.14. The molecule has 0 radical (unpaired) electrons. The maximum atomic E-state index is 10.5. The standard InChI is InChI=1S/C15H24O4/c1-15(2,3)14(19-6)13(16)10-7-8-11(17-4)12(9-10)18-5/h7-9,13-14,16H,1-6H3. The second-order valence-electron chi connectivity index (χ2n) is 5.58. The summed E-state index contributed by atoms with van der Waals surface area (Å²) < 4.78 is 15.9. The first-order valence-corrected chi connectivity index (χ1v) is 6.28. The molecule has 2 atom stereocenters. The van der Waals surface area contributed by atoms with E-state index in [4.69, 9.17) is 14.2 Å². The Balaban J connectivity index is 3.08. The number of ether oxygens (including phenoxy) is 3. The van der Waals surface area contributed by atoms with Crippen molar-refractivity contribution in [2.24, 2.45) is 5.41 Å². The fourth-order valence-electron chi connectivity index (χ4n) is 2.17. The normalized spacial score (nSPS) is 14.9. The summed E-state index contributed by atoms with van der Waals surface area (Å²) in [6, 6.07) is 5.39. The Labute approximate surface area is 115 Å². The molecule has 4 nitrogen and oxygen atoms in total. The molecular formula is C15H24O4. The first-order valence-electron chi connectivity index (χ1n) is 6.28. The third kappa shape index (κ3) is 3.61. The van der Waals surface area contributed by atoms with E-state index in [9.17, 15) is 5.11 Å². The fraction of sp³-hybridized carbons (Fsp3) is 0.600. The molecule has 0 aliphatic heterocycles. The van der Waals surface area contributed by atoms with E-state index in [1.807, 2.05) is 26.8 Å². The largest absolute Gasteiger partial charge is 0.493 e. The Morgan fingerprint density at radius 1 is 1.00 bits per heavy atom. The molecule has 108 valence electrons. The lowest BCUT2D eigenvalue weighted by atomic mass is 9.83. The average Bonchev–Trinajstić information content (AvgIpc) is 2.36. The second kappa shape index (κ2) is 6.26. The van der Waals surface area contributed by atoms with Crippen molar-refractivity contribution in [3.63, 3.8) is 0 Å². The summed E-state index contributed by atoms with van der Waals surface area (Å²) in [7, 11) is 4.77. The molecule has 1 N–H and O–H groups in total. The first kappa shape index (κ1) is 15.8. The Hall–Kier alpha value is -1.26. The van der Waals surface area contributed by atoms with E-state index in [0.29, 0.717) is 11.5 Å². The number of aliphatic hydroxyl groups excluding tert-OH is 1. The number of benzene rings is 1. The van der Waals surface area contributed by atoms with Crippen LogP contribution >= 0.6 is 0 Å². The van der Waals surface area contributed by atoms with Gasteiger partial charge in [-0.1, -0.05) is 26.8 Å². The van der Waals surface area contributed by atoms with Crippen LogP contribution in [0.4, 0.5) is 0 Å². The van der Waals surface area contributed by atoms with Crippen molar-refractivity contribution in [2.75, 3.05) is 21.3 Å². The van der Waals surface area contributed by atoms with Gasteiger partial charge in [-0.2, -0.15) is 0 Å². The highest BCUT2D eigenvalue weighted by atomic mass is 16.5. The van der Waals surface area contributed by atoms with Crippen molar-refractivity contribution in [3.8, 4) is 11.5 Å². The summed E-state index contributed by atoms with van der Waals surface area (Å²) in [5.41, 5.74) is 0.584. The molecule has 4 heteroatoms. The SMILES string of the molecule is COc1ccc(C(O)C(OC)C(C)(C)C)cc1OC. The van der Waals surface area contributed by atoms with Crippen molar-refractivity contribution in [1.82, 2.24) is 0 Å². The minimum Gasteiger partial charge on any atom is -0.493 e. The molecule has 1 aromatic carbocycles. The second-order valence-corrected chi connectivity index (χ2v) is 5.58. The van der Waals surface area contributed by atoms with Crippen LogP contribution in [0.25, 0.3) is 0 Å². The van der Waals surface area contributed by atoms with Crippen molar-refractivity contribution >= 4 is 0 Å². The van der Waals surface area contributed by atoms with Gasteiger partial charge in [0.05, 0.1) is 20.3 Å². The molecule has 0 heterocycles. The predicted octanol–water partition coefficient (Wildman–Crippen LogP) is 2.80. The van der Waals surface area contributed by atoms with Gasteiger partial charge in [0, 0.05) is 7.11 Å². The van der Waals surface area contributed by atoms with Crippen LogP contribution in [0, 0.1) is 5.41 Å². The van der Waals surface area contributed by atoms with E-state index in [0.717, 1.165) is 5.56 Å². The molecule has 0 amide bonds. The van der Waals surface area contributed by atoms with Crippen molar-refractivity contribution in [2.45, 2.75) is 33.0 Å². The molecule has 0 aliphatic carbocycles. The smallest absolute Gasteiger partial charge is 0.161 e. The van der Waals surface area contributed by atoms with E-state index < -0.39 is 6.10 Å². The molecule has 19 heavy (non-hydrogen) atoms. The lowest BCUT2D eigenvalue weighted by Gasteiger charge is -2.33. The minimum atomic E-state index is -0.718. The van der Waals surface area contributed by atoms with E-state index in [-0.39, 0.29) is 11.5 Å². The summed E-state index contributed by atoms with van der Waals surface area (Å²) >= 11 is 0. The Morgan fingerprint density at radius 3 is 2.00 bits per heavy atom. The molecule has 0 aliphatic rings. The summed E-state index contributed by atoms with van der Waals surface area (Å²) in [5, 5.41) is 10.5. The highest BCUT2D eigenvalue weighted by Gasteiger charge is 2.32. The van der Waals surface area contributed by atoms with Crippen LogP contribution in [0.2, 0.25) is 0 Å². The number of hydrogen-bond donors (Lipinski definition) is 1. The number of aliphatic hydroxyl groups is 1. The van der Waals surface area contributed by atoms with Gasteiger partial charge in [0.2, 0.25) is 0 Å². The molecule has 0 saturated heterocycles. The van der Waals surface area contributed by atoms with Gasteiger partial charge in [-0.3, -0.25) is 0 Å². The zero-order valence-corrected chi connectivity index (χ0v) is 12.6. The van der Waals surface area contributed by atoms with Crippen molar-refractivity contribution in [3.05, 3.63) is 23.8 Å². The zero-order valence-electron chi connectivity index (χ0n) is 12.6. The van der Waals surface area contributed by atoms with Gasteiger partial charge in [0.1, 0.15) is 6.10 Å². The monoisotopic (exact) mass is 268 g/mol. The Bertz CT molecular complexity index is 409. The van der Waals surface area contributed by atoms with Gasteiger partial charge >= 0.3 is 0 Å². The molecule has 0 spiro atoms. The minimum absolute atomic E-state index is 0.165. The van der Waals surface area contributed by atoms with Crippen LogP contribution in [0.5, 0.6) is 11.5 Å². The topological polar surface area (TPSA) is 47.9 Å². The van der Waals surface area contributed by atoms with Crippen molar-refractivity contribution in [1.29, 1.82) is 0 Å². The quantitative estimate of drug-likeness (QED) is 0.892. The molecule has 0 saturated carbocycles. The van der Waals surface area contributed by atoms with Gasteiger partial charge < -0.3 is 19.3 Å². The van der Waals surface area contributed by atoms with E-state index in [1.54, 1.807) is 33.5 Å².